The first-order chi connectivity index (χ1) is 20.3. The molecule has 4 aromatic heterocycles. The average molecular weight is 611 g/mol. The largest absolute Gasteiger partial charge is 2.00 e. The van der Waals surface area contributed by atoms with Crippen LogP contribution in [0.2, 0.25) is 0 Å². The molecule has 0 unspecified atom stereocenters. The van der Waals surface area contributed by atoms with E-state index in [4.69, 9.17) is 31.9 Å². The molecule has 0 saturated heterocycles. The molecular formula is C28H16MnN10O4. The molecule has 0 fully saturated rings. The molecule has 15 heteroatoms. The number of allylic oxidation sites excluding steroid dienone is 2. The van der Waals surface area contributed by atoms with Gasteiger partial charge in [-0.2, -0.15) is 40.0 Å². The van der Waals surface area contributed by atoms with E-state index in [1.807, 2.05) is 0 Å². The van der Waals surface area contributed by atoms with Crippen molar-refractivity contribution < 1.29 is 36.0 Å². The van der Waals surface area contributed by atoms with E-state index in [-0.39, 0.29) is 17.1 Å². The third-order valence-electron chi connectivity index (χ3n) is 4.49. The van der Waals surface area contributed by atoms with Crippen LogP contribution in [-0.4, -0.2) is 11.7 Å². The normalized spacial score (nSPS) is 8.09. The van der Waals surface area contributed by atoms with Crippen molar-refractivity contribution in [1.29, 1.82) is 21.0 Å². The molecule has 0 aromatic carbocycles. The molecule has 209 valence electrons. The van der Waals surface area contributed by atoms with Gasteiger partial charge in [-0.15, -0.1) is 0 Å². The van der Waals surface area contributed by atoms with Crippen LogP contribution in [0, 0.1) is 66.2 Å². The first-order valence-corrected chi connectivity index (χ1v) is 11.2. The monoisotopic (exact) mass is 611 g/mol. The van der Waals surface area contributed by atoms with Crippen molar-refractivity contribution in [3.63, 3.8) is 0 Å². The van der Waals surface area contributed by atoms with Crippen LogP contribution in [0.5, 0.6) is 0 Å². The topological polar surface area (TPSA) is 248 Å². The summed E-state index contributed by atoms with van der Waals surface area (Å²) in [7, 11) is 0. The number of pyridine rings is 4. The molecule has 0 amide bonds. The molecular weight excluding hydrogens is 595 g/mol. The fourth-order valence-electron chi connectivity index (χ4n) is 2.66. The van der Waals surface area contributed by atoms with Crippen LogP contribution >= 0.6 is 0 Å². The van der Waals surface area contributed by atoms with Gasteiger partial charge in [0, 0.05) is 48.5 Å². The third-order valence-corrected chi connectivity index (χ3v) is 4.49. The van der Waals surface area contributed by atoms with E-state index >= 15 is 0 Å². The predicted molar refractivity (Wildman–Crippen MR) is 146 cm³/mol. The molecule has 0 spiro atoms. The van der Waals surface area contributed by atoms with Crippen molar-refractivity contribution in [2.45, 2.75) is 0 Å². The van der Waals surface area contributed by atoms with Crippen LogP contribution in [0.3, 0.4) is 0 Å². The van der Waals surface area contributed by atoms with E-state index in [9.17, 15) is 20.8 Å². The van der Waals surface area contributed by atoms with Crippen LogP contribution in [0.4, 0.5) is 0 Å². The quantitative estimate of drug-likeness (QED) is 0.106. The summed E-state index contributed by atoms with van der Waals surface area (Å²) in [5.74, 6) is 2.79. The van der Waals surface area contributed by atoms with Crippen molar-refractivity contribution in [2.75, 3.05) is 0 Å². The maximum Gasteiger partial charge on any atom is 2.00 e. The summed E-state index contributed by atoms with van der Waals surface area (Å²) in [5.41, 5.74) is 0.595. The van der Waals surface area contributed by atoms with Crippen molar-refractivity contribution in [1.82, 2.24) is 0 Å². The summed E-state index contributed by atoms with van der Waals surface area (Å²) in [6, 6.07) is 25.4. The van der Waals surface area contributed by atoms with Crippen LogP contribution in [0.25, 0.3) is 33.6 Å². The molecule has 1 radical (unpaired) electrons. The Morgan fingerprint density at radius 3 is 0.791 bits per heavy atom. The minimum atomic E-state index is -0.403. The van der Waals surface area contributed by atoms with Gasteiger partial charge in [0.15, 0.2) is 24.8 Å². The molecule has 14 nitrogen and oxygen atoms in total. The van der Waals surface area contributed by atoms with Crippen LogP contribution in [0.15, 0.2) is 109 Å². The molecule has 4 heterocycles. The summed E-state index contributed by atoms with van der Waals surface area (Å²) in [4.78, 5) is 0. The molecule has 0 aliphatic heterocycles. The minimum absolute atomic E-state index is 0. The Kier molecular flexibility index (Phi) is 16.9. The number of hydrogen-bond acceptors (Lipinski definition) is 8. The van der Waals surface area contributed by atoms with Crippen LogP contribution in [-0.2, 0) is 17.1 Å². The number of nitrogens with zero attached hydrogens (tertiary/aromatic N) is 10. The molecule has 4 rings (SSSR count). The Morgan fingerprint density at radius 1 is 0.465 bits per heavy atom. The van der Waals surface area contributed by atoms with E-state index in [1.165, 1.54) is 60.8 Å². The molecule has 0 aliphatic carbocycles. The summed E-state index contributed by atoms with van der Waals surface area (Å²) in [6.45, 7) is 0. The van der Waals surface area contributed by atoms with E-state index in [1.54, 1.807) is 72.8 Å². The zero-order valence-corrected chi connectivity index (χ0v) is 22.9. The summed E-state index contributed by atoms with van der Waals surface area (Å²) in [5, 5.41) is 92.1. The Morgan fingerprint density at radius 2 is 0.674 bits per heavy atom. The zero-order valence-electron chi connectivity index (χ0n) is 21.7. The summed E-state index contributed by atoms with van der Waals surface area (Å²) >= 11 is 0. The number of rotatable bonds is 2. The van der Waals surface area contributed by atoms with Gasteiger partial charge in [0.25, 0.3) is 22.8 Å². The van der Waals surface area contributed by atoms with Gasteiger partial charge < -0.3 is 31.6 Å². The fourth-order valence-corrected chi connectivity index (χ4v) is 2.66. The standard InChI is InChI=1S/2C10H8N2O2.2C4N3.Mn/c2*13-11-7-3-1-5-9(11)10-6-2-4-8-12(10)14;2*5-1-4(2-6)3-7;/h2*1-8H;;;/q;;2*-1;+2. The molecule has 0 atom stereocenters. The summed E-state index contributed by atoms with van der Waals surface area (Å²) in [6.07, 6.45) is 5.45. The van der Waals surface area contributed by atoms with Gasteiger partial charge in [-0.3, -0.25) is 0 Å². The van der Waals surface area contributed by atoms with Gasteiger partial charge in [0.2, 0.25) is 0 Å². The number of hydrogen-bond donors (Lipinski definition) is 0. The summed E-state index contributed by atoms with van der Waals surface area (Å²) < 4.78 is 2.68. The van der Waals surface area contributed by atoms with Gasteiger partial charge >= 0.3 is 17.1 Å². The van der Waals surface area contributed by atoms with Crippen LogP contribution < -0.4 is 18.9 Å². The molecule has 0 N–H and O–H groups in total. The van der Waals surface area contributed by atoms with E-state index in [0.29, 0.717) is 41.7 Å². The van der Waals surface area contributed by atoms with Crippen molar-refractivity contribution in [2.24, 2.45) is 0 Å². The van der Waals surface area contributed by atoms with E-state index in [2.05, 4.69) is 0 Å². The molecule has 0 aliphatic rings. The molecule has 0 saturated carbocycles. The SMILES string of the molecule is N#CC(=C=[N-])C#N.N#CC(=C=[N-])C#N.[Mn+2].[O-][n+]1ccccc1-c1cccc[n+]1[O-].[O-][n+]1ccccc1-c1cccc[n+]1[O-]. The molecule has 4 aromatic rings. The van der Waals surface area contributed by atoms with E-state index < -0.39 is 11.1 Å². The second-order valence-electron chi connectivity index (χ2n) is 7.07. The van der Waals surface area contributed by atoms with Crippen molar-refractivity contribution in [3.8, 4) is 47.1 Å². The van der Waals surface area contributed by atoms with E-state index in [0.717, 1.165) is 0 Å². The van der Waals surface area contributed by atoms with Crippen molar-refractivity contribution >= 4 is 11.7 Å². The van der Waals surface area contributed by atoms with Gasteiger partial charge in [0.05, 0.1) is 0 Å². The average Bonchev–Trinajstić information content (AvgIpc) is 3.01. The third kappa shape index (κ3) is 11.8. The minimum Gasteiger partial charge on any atom is -0.762 e. The maximum atomic E-state index is 11.3. The van der Waals surface area contributed by atoms with Gasteiger partial charge in [-0.25, -0.2) is 11.7 Å². The van der Waals surface area contributed by atoms with Crippen molar-refractivity contribution in [3.05, 3.63) is 140 Å². The Hall–Kier alpha value is -6.82. The first-order valence-electron chi connectivity index (χ1n) is 11.2. The maximum absolute atomic E-state index is 11.3. The second kappa shape index (κ2) is 20.1. The fraction of sp³-hybridized carbons (Fsp3) is 0. The number of aromatic nitrogens is 4. The Bertz CT molecular complexity index is 1560. The smallest absolute Gasteiger partial charge is 0.762 e. The Labute approximate surface area is 255 Å². The molecule has 43 heavy (non-hydrogen) atoms. The number of nitriles is 4. The predicted octanol–water partition coefficient (Wildman–Crippen LogP) is 1.64. The second-order valence-corrected chi connectivity index (χ2v) is 7.07. The Balaban J connectivity index is 0.000000574. The first kappa shape index (κ1) is 36.2. The van der Waals surface area contributed by atoms with Gasteiger partial charge in [0.1, 0.15) is 35.4 Å². The van der Waals surface area contributed by atoms with Crippen LogP contribution in [0.1, 0.15) is 0 Å². The van der Waals surface area contributed by atoms with Gasteiger partial charge in [-0.05, 0) is 24.3 Å². The van der Waals surface area contributed by atoms with Gasteiger partial charge in [-0.1, -0.05) is 0 Å². The molecule has 0 bridgehead atoms. The zero-order chi connectivity index (χ0) is 31.3.